The van der Waals surface area contributed by atoms with Crippen molar-refractivity contribution in [2.75, 3.05) is 0 Å². The molecule has 0 saturated heterocycles. The van der Waals surface area contributed by atoms with Crippen LogP contribution in [-0.4, -0.2) is 37.9 Å². The Labute approximate surface area is 96.8 Å². The molecule has 0 saturated carbocycles. The van der Waals surface area contributed by atoms with Crippen LogP contribution in [0.4, 0.5) is 4.79 Å². The Hall–Kier alpha value is -2.12. The number of aromatic nitrogens is 3. The lowest BCUT2D eigenvalue weighted by molar-refractivity contribution is -0.120. The lowest BCUT2D eigenvalue weighted by atomic mass is 9.97. The molecule has 2 rings (SSSR count). The zero-order valence-corrected chi connectivity index (χ0v) is 9.04. The van der Waals surface area contributed by atoms with Crippen molar-refractivity contribution in [2.45, 2.75) is 31.3 Å². The number of rotatable bonds is 4. The number of carbonyl (C=O) groups is 2. The molecule has 1 aliphatic heterocycles. The maximum atomic E-state index is 11.1. The average molecular weight is 239 g/mol. The topological polar surface area (TPSA) is 123 Å². The first-order valence-corrected chi connectivity index (χ1v) is 5.24. The number of nitrogens with zero attached hydrogens (tertiary/aromatic N) is 3. The summed E-state index contributed by atoms with van der Waals surface area (Å²) in [7, 11) is 0. The van der Waals surface area contributed by atoms with Crippen molar-refractivity contribution < 1.29 is 14.7 Å². The normalized spacial score (nSPS) is 19.6. The third-order valence-electron chi connectivity index (χ3n) is 2.89. The van der Waals surface area contributed by atoms with Crippen LogP contribution in [0.3, 0.4) is 0 Å². The second kappa shape index (κ2) is 4.40. The average Bonchev–Trinajstić information content (AvgIpc) is 2.80. The zero-order valence-electron chi connectivity index (χ0n) is 9.04. The first-order chi connectivity index (χ1) is 8.08. The highest BCUT2D eigenvalue weighted by atomic mass is 16.4. The Balaban J connectivity index is 2.05. The fraction of sp³-hybridized carbons (Fsp3) is 0.556. The first kappa shape index (κ1) is 11.4. The number of fused-ring (bicyclic) bond motifs is 1. The molecule has 2 amide bonds. The molecule has 8 nitrogen and oxygen atoms in total. The third-order valence-corrected chi connectivity index (χ3v) is 2.89. The number of amides is 2. The standard InChI is InChI=1S/C9H13N5O3/c10-7(15)6(12-9(16)17)3-5-1-2-14-4-11-13-8(5)14/h4-6,12H,1-3H2,(H2,10,15)(H,16,17)/t5-,6-/m0/s1. The summed E-state index contributed by atoms with van der Waals surface area (Å²) in [6.45, 7) is 0.783. The van der Waals surface area contributed by atoms with Gasteiger partial charge in [0.15, 0.2) is 0 Å². The van der Waals surface area contributed by atoms with Crippen LogP contribution in [-0.2, 0) is 11.3 Å². The van der Waals surface area contributed by atoms with E-state index < -0.39 is 18.0 Å². The van der Waals surface area contributed by atoms with E-state index in [0.29, 0.717) is 6.42 Å². The SMILES string of the molecule is NC(=O)[C@H](C[C@@H]1CCn2cnnc21)NC(=O)O. The number of nitrogens with two attached hydrogens (primary N) is 1. The van der Waals surface area contributed by atoms with E-state index in [9.17, 15) is 9.59 Å². The molecule has 1 aliphatic rings. The van der Waals surface area contributed by atoms with Gasteiger partial charge in [-0.25, -0.2) is 4.79 Å². The van der Waals surface area contributed by atoms with E-state index in [4.69, 9.17) is 10.8 Å². The van der Waals surface area contributed by atoms with Crippen molar-refractivity contribution in [3.05, 3.63) is 12.2 Å². The minimum atomic E-state index is -1.26. The van der Waals surface area contributed by atoms with Crippen molar-refractivity contribution in [1.82, 2.24) is 20.1 Å². The van der Waals surface area contributed by atoms with Gasteiger partial charge in [-0.15, -0.1) is 10.2 Å². The summed E-state index contributed by atoms with van der Waals surface area (Å²) >= 11 is 0. The van der Waals surface area contributed by atoms with Crippen molar-refractivity contribution in [1.29, 1.82) is 0 Å². The van der Waals surface area contributed by atoms with E-state index in [2.05, 4.69) is 15.5 Å². The lowest BCUT2D eigenvalue weighted by Crippen LogP contribution is -2.44. The number of hydrogen-bond acceptors (Lipinski definition) is 4. The number of carboxylic acid groups (broad SMARTS) is 1. The van der Waals surface area contributed by atoms with Gasteiger partial charge in [0.2, 0.25) is 5.91 Å². The number of aryl methyl sites for hydroxylation is 1. The second-order valence-electron chi connectivity index (χ2n) is 4.01. The van der Waals surface area contributed by atoms with Crippen molar-refractivity contribution >= 4 is 12.0 Å². The van der Waals surface area contributed by atoms with Crippen LogP contribution in [0.15, 0.2) is 6.33 Å². The predicted molar refractivity (Wildman–Crippen MR) is 56.1 cm³/mol. The third kappa shape index (κ3) is 2.35. The van der Waals surface area contributed by atoms with Gasteiger partial charge in [-0.1, -0.05) is 0 Å². The van der Waals surface area contributed by atoms with Crippen LogP contribution in [0.2, 0.25) is 0 Å². The first-order valence-electron chi connectivity index (χ1n) is 5.24. The van der Waals surface area contributed by atoms with Crippen LogP contribution in [0.1, 0.15) is 24.6 Å². The number of primary amides is 1. The number of nitrogens with one attached hydrogen (secondary N) is 1. The molecule has 2 heterocycles. The van der Waals surface area contributed by atoms with Gasteiger partial charge in [-0.3, -0.25) is 4.79 Å². The summed E-state index contributed by atoms with van der Waals surface area (Å²) in [5.41, 5.74) is 5.15. The van der Waals surface area contributed by atoms with E-state index >= 15 is 0 Å². The number of hydrogen-bond donors (Lipinski definition) is 3. The van der Waals surface area contributed by atoms with Crippen molar-refractivity contribution in [2.24, 2.45) is 5.73 Å². The molecule has 1 aromatic rings. The van der Waals surface area contributed by atoms with Gasteiger partial charge in [0.05, 0.1) is 0 Å². The minimum absolute atomic E-state index is 0.0156. The largest absolute Gasteiger partial charge is 0.465 e. The fourth-order valence-corrected chi connectivity index (χ4v) is 2.08. The van der Waals surface area contributed by atoms with Gasteiger partial charge in [0, 0.05) is 12.5 Å². The number of carbonyl (C=O) groups excluding carboxylic acids is 1. The summed E-state index contributed by atoms with van der Waals surface area (Å²) < 4.78 is 1.89. The lowest BCUT2D eigenvalue weighted by Gasteiger charge is -2.16. The monoisotopic (exact) mass is 239 g/mol. The summed E-state index contributed by atoms with van der Waals surface area (Å²) in [5, 5.41) is 18.4. The van der Waals surface area contributed by atoms with Crippen LogP contribution in [0.5, 0.6) is 0 Å². The van der Waals surface area contributed by atoms with Gasteiger partial charge in [0.1, 0.15) is 18.2 Å². The molecule has 0 aliphatic carbocycles. The molecule has 8 heteroatoms. The highest BCUT2D eigenvalue weighted by Gasteiger charge is 2.30. The smallest absolute Gasteiger partial charge is 0.405 e. The Kier molecular flexibility index (Phi) is 2.94. The molecule has 92 valence electrons. The van der Waals surface area contributed by atoms with Crippen LogP contribution in [0.25, 0.3) is 0 Å². The summed E-state index contributed by atoms with van der Waals surface area (Å²) in [6.07, 6.45) is 1.50. The molecule has 1 aromatic heterocycles. The van der Waals surface area contributed by atoms with Crippen LogP contribution < -0.4 is 11.1 Å². The summed E-state index contributed by atoms with van der Waals surface area (Å²) in [4.78, 5) is 21.7. The Morgan fingerprint density at radius 3 is 3.12 bits per heavy atom. The zero-order chi connectivity index (χ0) is 12.4. The molecule has 0 fully saturated rings. The molecule has 0 spiro atoms. The quantitative estimate of drug-likeness (QED) is 0.639. The maximum Gasteiger partial charge on any atom is 0.405 e. The molecule has 0 bridgehead atoms. The van der Waals surface area contributed by atoms with Crippen molar-refractivity contribution in [3.63, 3.8) is 0 Å². The van der Waals surface area contributed by atoms with E-state index in [1.807, 2.05) is 4.57 Å². The van der Waals surface area contributed by atoms with Gasteiger partial charge in [-0.05, 0) is 12.8 Å². The molecular formula is C9H13N5O3. The van der Waals surface area contributed by atoms with E-state index in [1.54, 1.807) is 6.33 Å². The molecule has 17 heavy (non-hydrogen) atoms. The molecule has 0 radical (unpaired) electrons. The highest BCUT2D eigenvalue weighted by Crippen LogP contribution is 2.29. The van der Waals surface area contributed by atoms with Gasteiger partial charge in [0.25, 0.3) is 0 Å². The predicted octanol–water partition coefficient (Wildman–Crippen LogP) is -0.723. The van der Waals surface area contributed by atoms with Crippen molar-refractivity contribution in [3.8, 4) is 0 Å². The van der Waals surface area contributed by atoms with Crippen LogP contribution >= 0.6 is 0 Å². The second-order valence-corrected chi connectivity index (χ2v) is 4.01. The highest BCUT2D eigenvalue weighted by molar-refractivity contribution is 5.83. The Morgan fingerprint density at radius 1 is 1.71 bits per heavy atom. The van der Waals surface area contributed by atoms with Gasteiger partial charge >= 0.3 is 6.09 Å². The maximum absolute atomic E-state index is 11.1. The van der Waals surface area contributed by atoms with E-state index in [0.717, 1.165) is 18.8 Å². The van der Waals surface area contributed by atoms with Gasteiger partial charge in [-0.2, -0.15) is 0 Å². The van der Waals surface area contributed by atoms with E-state index in [-0.39, 0.29) is 5.92 Å². The molecule has 4 N–H and O–H groups in total. The Morgan fingerprint density at radius 2 is 2.47 bits per heavy atom. The van der Waals surface area contributed by atoms with Gasteiger partial charge < -0.3 is 20.7 Å². The summed E-state index contributed by atoms with van der Waals surface area (Å²) in [5.74, 6) is 0.121. The minimum Gasteiger partial charge on any atom is -0.465 e. The molecule has 0 unspecified atom stereocenters. The summed E-state index contributed by atoms with van der Waals surface area (Å²) in [6, 6.07) is -0.888. The fourth-order valence-electron chi connectivity index (χ4n) is 2.08. The molecular weight excluding hydrogens is 226 g/mol. The molecule has 2 atom stereocenters. The molecule has 0 aromatic carbocycles. The van der Waals surface area contributed by atoms with E-state index in [1.165, 1.54) is 0 Å². The van der Waals surface area contributed by atoms with Crippen LogP contribution in [0, 0.1) is 0 Å². The Bertz CT molecular complexity index is 444.